The fourth-order valence-corrected chi connectivity index (χ4v) is 1.76. The van der Waals surface area contributed by atoms with Crippen LogP contribution in [0.15, 0.2) is 35.5 Å². The summed E-state index contributed by atoms with van der Waals surface area (Å²) < 4.78 is 12.5. The van der Waals surface area contributed by atoms with Crippen molar-refractivity contribution in [2.45, 2.75) is 13.8 Å². The molecule has 1 aromatic rings. The minimum atomic E-state index is -0.407. The molecule has 0 unspecified atom stereocenters. The van der Waals surface area contributed by atoms with Crippen molar-refractivity contribution in [3.63, 3.8) is 0 Å². The molecule has 72 valence electrons. The van der Waals surface area contributed by atoms with Gasteiger partial charge in [-0.05, 0) is 38.1 Å². The van der Waals surface area contributed by atoms with Gasteiger partial charge in [-0.2, -0.15) is 0 Å². The highest BCUT2D eigenvalue weighted by Crippen LogP contribution is 2.00. The molecule has 0 saturated carbocycles. The van der Waals surface area contributed by atoms with E-state index in [9.17, 15) is 4.39 Å². The number of halogens is 1. The third-order valence-corrected chi connectivity index (χ3v) is 3.09. The van der Waals surface area contributed by atoms with E-state index in [2.05, 4.69) is 31.0 Å². The number of benzene rings is 1. The predicted molar refractivity (Wildman–Crippen MR) is 61.3 cm³/mol. The van der Waals surface area contributed by atoms with Crippen LogP contribution >= 0.6 is 0 Å². The molecule has 1 rings (SSSR count). The van der Waals surface area contributed by atoms with Gasteiger partial charge in [0.15, 0.2) is 0 Å². The summed E-state index contributed by atoms with van der Waals surface area (Å²) in [4.78, 5) is 0. The zero-order valence-electron chi connectivity index (χ0n) is 8.47. The van der Waals surface area contributed by atoms with Crippen LogP contribution in [0.2, 0.25) is 0 Å². The average Bonchev–Trinajstić information content (AvgIpc) is 2.15. The molecule has 0 aliphatic rings. The lowest BCUT2D eigenvalue weighted by Crippen LogP contribution is -1.81. The summed E-state index contributed by atoms with van der Waals surface area (Å²) in [6.45, 7) is 4.15. The Morgan fingerprint density at radius 1 is 1.29 bits per heavy atom. The standard InChI is InChI=1S/C12H13FSi/c1-10(2)9-14-8-7-11-3-5-12(13)6-4-11/h3-6,9H,14H2,1-2H3. The van der Waals surface area contributed by atoms with Gasteiger partial charge >= 0.3 is 0 Å². The van der Waals surface area contributed by atoms with Gasteiger partial charge in [-0.15, -0.1) is 5.54 Å². The highest BCUT2D eigenvalue weighted by molar-refractivity contribution is 6.52. The molecule has 14 heavy (non-hydrogen) atoms. The van der Waals surface area contributed by atoms with Crippen molar-refractivity contribution in [1.29, 1.82) is 0 Å². The molecule has 0 spiro atoms. The van der Waals surface area contributed by atoms with E-state index < -0.39 is 9.52 Å². The molecule has 1 aromatic carbocycles. The average molecular weight is 204 g/mol. The van der Waals surface area contributed by atoms with Gasteiger partial charge in [0, 0.05) is 5.56 Å². The fraction of sp³-hybridized carbons (Fsp3) is 0.167. The van der Waals surface area contributed by atoms with Gasteiger partial charge in [-0.1, -0.05) is 17.2 Å². The number of allylic oxidation sites excluding steroid dienone is 1. The number of hydrogen-bond donors (Lipinski definition) is 0. The summed E-state index contributed by atoms with van der Waals surface area (Å²) >= 11 is 0. The largest absolute Gasteiger partial charge is 0.207 e. The lowest BCUT2D eigenvalue weighted by atomic mass is 10.2. The van der Waals surface area contributed by atoms with Crippen LogP contribution in [0.1, 0.15) is 19.4 Å². The second-order valence-corrected chi connectivity index (χ2v) is 4.46. The summed E-state index contributed by atoms with van der Waals surface area (Å²) in [5.74, 6) is 2.82. The molecule has 0 aliphatic heterocycles. The summed E-state index contributed by atoms with van der Waals surface area (Å²) in [6.07, 6.45) is 0. The van der Waals surface area contributed by atoms with Crippen LogP contribution in [0.3, 0.4) is 0 Å². The van der Waals surface area contributed by atoms with E-state index in [-0.39, 0.29) is 5.82 Å². The summed E-state index contributed by atoms with van der Waals surface area (Å²) in [5, 5.41) is 0. The zero-order valence-corrected chi connectivity index (χ0v) is 9.89. The molecule has 2 heteroatoms. The van der Waals surface area contributed by atoms with E-state index >= 15 is 0 Å². The lowest BCUT2D eigenvalue weighted by Gasteiger charge is -1.88. The minimum Gasteiger partial charge on any atom is -0.207 e. The van der Waals surface area contributed by atoms with Crippen LogP contribution in [0, 0.1) is 17.3 Å². The molecule has 0 atom stereocenters. The number of rotatable bonds is 1. The van der Waals surface area contributed by atoms with E-state index in [1.54, 1.807) is 12.1 Å². The quantitative estimate of drug-likeness (QED) is 0.486. The molecule has 0 aliphatic carbocycles. The van der Waals surface area contributed by atoms with Crippen molar-refractivity contribution in [3.05, 3.63) is 46.9 Å². The molecule has 0 heterocycles. The maximum Gasteiger partial charge on any atom is 0.130 e. The first-order valence-corrected chi connectivity index (χ1v) is 6.08. The van der Waals surface area contributed by atoms with Crippen molar-refractivity contribution in [1.82, 2.24) is 0 Å². The highest BCUT2D eigenvalue weighted by Gasteiger charge is 1.87. The molecule has 0 bridgehead atoms. The Labute approximate surface area is 86.7 Å². The van der Waals surface area contributed by atoms with Gasteiger partial charge < -0.3 is 0 Å². The molecule has 0 radical (unpaired) electrons. The Hall–Kier alpha value is -1.33. The van der Waals surface area contributed by atoms with Gasteiger partial charge in [0.2, 0.25) is 0 Å². The molecule has 0 amide bonds. The van der Waals surface area contributed by atoms with Crippen molar-refractivity contribution in [3.8, 4) is 11.5 Å². The normalized spacial score (nSPS) is 9.64. The third-order valence-electron chi connectivity index (χ3n) is 1.69. The monoisotopic (exact) mass is 204 g/mol. The second-order valence-electron chi connectivity index (χ2n) is 3.29. The van der Waals surface area contributed by atoms with E-state index in [0.29, 0.717) is 0 Å². The van der Waals surface area contributed by atoms with Crippen LogP contribution in [0.4, 0.5) is 4.39 Å². The van der Waals surface area contributed by atoms with Crippen LogP contribution < -0.4 is 0 Å². The maximum atomic E-state index is 12.5. The first kappa shape index (κ1) is 10.7. The first-order valence-electron chi connectivity index (χ1n) is 4.56. The molecule has 0 fully saturated rings. The van der Waals surface area contributed by atoms with Gasteiger partial charge in [0.25, 0.3) is 0 Å². The maximum absolute atomic E-state index is 12.5. The summed E-state index contributed by atoms with van der Waals surface area (Å²) in [6, 6.07) is 6.29. The van der Waals surface area contributed by atoms with E-state index in [1.165, 1.54) is 17.7 Å². The lowest BCUT2D eigenvalue weighted by molar-refractivity contribution is 0.627. The predicted octanol–water partition coefficient (Wildman–Crippen LogP) is 2.23. The Morgan fingerprint density at radius 2 is 1.93 bits per heavy atom. The Balaban J connectivity index is 2.60. The SMILES string of the molecule is CC(C)=C[SiH2]C#Cc1ccc(F)cc1. The zero-order chi connectivity index (χ0) is 10.4. The van der Waals surface area contributed by atoms with Crippen molar-refractivity contribution in [2.75, 3.05) is 0 Å². The molecule has 0 saturated heterocycles. The Bertz CT molecular complexity index is 375. The fourth-order valence-electron chi connectivity index (χ4n) is 0.941. The molecular weight excluding hydrogens is 191 g/mol. The highest BCUT2D eigenvalue weighted by atomic mass is 28.2. The molecule has 0 nitrogen and oxygen atoms in total. The summed E-state index contributed by atoms with van der Waals surface area (Å²) in [7, 11) is -0.407. The van der Waals surface area contributed by atoms with E-state index in [4.69, 9.17) is 0 Å². The van der Waals surface area contributed by atoms with E-state index in [0.717, 1.165) is 5.56 Å². The Kier molecular flexibility index (Phi) is 4.15. The van der Waals surface area contributed by atoms with Gasteiger partial charge in [-0.25, -0.2) is 4.39 Å². The first-order chi connectivity index (χ1) is 6.68. The van der Waals surface area contributed by atoms with Crippen molar-refractivity contribution >= 4 is 9.52 Å². The number of hydrogen-bond acceptors (Lipinski definition) is 0. The van der Waals surface area contributed by atoms with Gasteiger partial charge in [0.1, 0.15) is 15.3 Å². The summed E-state index contributed by atoms with van der Waals surface area (Å²) in [5.41, 5.74) is 7.56. The van der Waals surface area contributed by atoms with Crippen LogP contribution in [0.25, 0.3) is 0 Å². The molecular formula is C12H13FSi. The molecule has 0 N–H and O–H groups in total. The van der Waals surface area contributed by atoms with Crippen LogP contribution in [0.5, 0.6) is 0 Å². The topological polar surface area (TPSA) is 0 Å². The van der Waals surface area contributed by atoms with Crippen LogP contribution in [-0.2, 0) is 0 Å². The van der Waals surface area contributed by atoms with Crippen molar-refractivity contribution in [2.24, 2.45) is 0 Å². The third kappa shape index (κ3) is 4.06. The minimum absolute atomic E-state index is 0.211. The Morgan fingerprint density at radius 3 is 2.50 bits per heavy atom. The van der Waals surface area contributed by atoms with Gasteiger partial charge in [0.05, 0.1) is 0 Å². The van der Waals surface area contributed by atoms with Gasteiger partial charge in [-0.3, -0.25) is 0 Å². The van der Waals surface area contributed by atoms with Crippen LogP contribution in [-0.4, -0.2) is 9.52 Å². The second kappa shape index (κ2) is 5.41. The smallest absolute Gasteiger partial charge is 0.130 e. The van der Waals surface area contributed by atoms with Crippen molar-refractivity contribution < 1.29 is 4.39 Å². The van der Waals surface area contributed by atoms with E-state index in [1.807, 2.05) is 0 Å². The molecule has 0 aromatic heterocycles.